The predicted molar refractivity (Wildman–Crippen MR) is 117 cm³/mol. The predicted octanol–water partition coefficient (Wildman–Crippen LogP) is 2.88. The molecule has 0 aliphatic rings. The molecule has 0 aliphatic carbocycles. The number of anilines is 1. The highest BCUT2D eigenvalue weighted by Crippen LogP contribution is 2.04. The molecule has 0 spiro atoms. The molecule has 1 amide bonds. The smallest absolute Gasteiger partial charge is 0.227 e. The first kappa shape index (κ1) is 22.8. The van der Waals surface area contributed by atoms with Crippen LogP contribution < -0.4 is 16.0 Å². The summed E-state index contributed by atoms with van der Waals surface area (Å²) >= 11 is 0. The van der Waals surface area contributed by atoms with Crippen molar-refractivity contribution in [1.82, 2.24) is 15.6 Å². The summed E-state index contributed by atoms with van der Waals surface area (Å²) < 4.78 is 12.9. The van der Waals surface area contributed by atoms with Gasteiger partial charge in [0.2, 0.25) is 5.91 Å². The number of aromatic nitrogens is 1. The first-order chi connectivity index (χ1) is 12.6. The zero-order chi connectivity index (χ0) is 18.8. The summed E-state index contributed by atoms with van der Waals surface area (Å²) in [5, 5.41) is 9.00. The Labute approximate surface area is 176 Å². The first-order valence-corrected chi connectivity index (χ1v) is 8.48. The topological polar surface area (TPSA) is 78.4 Å². The van der Waals surface area contributed by atoms with E-state index in [4.69, 9.17) is 0 Å². The van der Waals surface area contributed by atoms with Gasteiger partial charge in [0.05, 0.1) is 0 Å². The van der Waals surface area contributed by atoms with E-state index in [9.17, 15) is 9.18 Å². The van der Waals surface area contributed by atoms with Crippen LogP contribution in [0.4, 0.5) is 10.2 Å². The molecule has 6 nitrogen and oxygen atoms in total. The number of guanidine groups is 1. The number of benzene rings is 1. The quantitative estimate of drug-likeness (QED) is 0.320. The highest BCUT2D eigenvalue weighted by atomic mass is 127. The molecule has 0 aliphatic heterocycles. The molecule has 1 aromatic carbocycles. The number of carbonyl (C=O) groups excluding carboxylic acids is 1. The van der Waals surface area contributed by atoms with Gasteiger partial charge in [-0.1, -0.05) is 18.2 Å². The number of carbonyl (C=O) groups is 1. The Kier molecular flexibility index (Phi) is 10.3. The summed E-state index contributed by atoms with van der Waals surface area (Å²) in [7, 11) is 1.67. The summed E-state index contributed by atoms with van der Waals surface area (Å²) in [6.45, 7) is 3.05. The van der Waals surface area contributed by atoms with E-state index in [2.05, 4.69) is 25.9 Å². The van der Waals surface area contributed by atoms with E-state index in [0.29, 0.717) is 31.3 Å². The van der Waals surface area contributed by atoms with Crippen LogP contribution in [0.25, 0.3) is 0 Å². The van der Waals surface area contributed by atoms with Crippen LogP contribution in [0.5, 0.6) is 0 Å². The zero-order valence-electron chi connectivity index (χ0n) is 15.5. The molecule has 0 bridgehead atoms. The van der Waals surface area contributed by atoms with Crippen LogP contribution in [0.1, 0.15) is 17.5 Å². The van der Waals surface area contributed by atoms with E-state index < -0.39 is 0 Å². The van der Waals surface area contributed by atoms with E-state index in [1.54, 1.807) is 31.4 Å². The van der Waals surface area contributed by atoms with Crippen molar-refractivity contribution in [2.75, 3.05) is 25.5 Å². The second-order valence-corrected chi connectivity index (χ2v) is 5.82. The molecule has 146 valence electrons. The maximum atomic E-state index is 12.9. The van der Waals surface area contributed by atoms with Gasteiger partial charge in [-0.2, -0.15) is 0 Å². The Hall–Kier alpha value is -2.23. The fourth-order valence-electron chi connectivity index (χ4n) is 2.24. The highest BCUT2D eigenvalue weighted by molar-refractivity contribution is 14.0. The number of rotatable bonds is 7. The lowest BCUT2D eigenvalue weighted by Gasteiger charge is -2.12. The number of aliphatic imine (C=N–C) groups is 1. The third kappa shape index (κ3) is 8.80. The van der Waals surface area contributed by atoms with Gasteiger partial charge in [0.15, 0.2) is 5.96 Å². The van der Waals surface area contributed by atoms with Crippen LogP contribution in [0.2, 0.25) is 0 Å². The monoisotopic (exact) mass is 485 g/mol. The number of pyridine rings is 1. The Balaban J connectivity index is 0.00000364. The fourth-order valence-corrected chi connectivity index (χ4v) is 2.24. The van der Waals surface area contributed by atoms with Crippen LogP contribution in [0.3, 0.4) is 0 Å². The highest BCUT2D eigenvalue weighted by Gasteiger charge is 2.04. The molecule has 8 heteroatoms. The summed E-state index contributed by atoms with van der Waals surface area (Å²) in [4.78, 5) is 20.2. The van der Waals surface area contributed by atoms with Gasteiger partial charge in [0.25, 0.3) is 0 Å². The fraction of sp³-hybridized carbons (Fsp3) is 0.316. The molecule has 27 heavy (non-hydrogen) atoms. The molecule has 1 heterocycles. The molecule has 0 fully saturated rings. The van der Waals surface area contributed by atoms with Crippen molar-refractivity contribution in [1.29, 1.82) is 0 Å². The number of nitrogens with one attached hydrogen (secondary N) is 3. The van der Waals surface area contributed by atoms with Crippen LogP contribution in [0.15, 0.2) is 47.6 Å². The summed E-state index contributed by atoms with van der Waals surface area (Å²) in [6, 6.07) is 10.1. The molecule has 0 saturated heterocycles. The van der Waals surface area contributed by atoms with Gasteiger partial charge in [-0.3, -0.25) is 9.79 Å². The van der Waals surface area contributed by atoms with Crippen molar-refractivity contribution in [3.63, 3.8) is 0 Å². The molecule has 1 aromatic heterocycles. The Bertz CT molecular complexity index is 735. The Morgan fingerprint density at radius 3 is 2.44 bits per heavy atom. The van der Waals surface area contributed by atoms with Gasteiger partial charge in [-0.15, -0.1) is 24.0 Å². The minimum atomic E-state index is -0.238. The molecule has 0 radical (unpaired) electrons. The van der Waals surface area contributed by atoms with Crippen LogP contribution in [-0.4, -0.2) is 37.0 Å². The van der Waals surface area contributed by atoms with Crippen molar-refractivity contribution in [3.8, 4) is 0 Å². The number of hydrogen-bond donors (Lipinski definition) is 3. The SMILES string of the molecule is CN=C(NCCC(=O)Nc1ccc(C)cn1)NCCc1ccc(F)cc1.I. The van der Waals surface area contributed by atoms with Gasteiger partial charge < -0.3 is 16.0 Å². The van der Waals surface area contributed by atoms with Crippen LogP contribution in [0, 0.1) is 12.7 Å². The van der Waals surface area contributed by atoms with Crippen molar-refractivity contribution >= 4 is 41.7 Å². The van der Waals surface area contributed by atoms with Crippen LogP contribution in [-0.2, 0) is 11.2 Å². The van der Waals surface area contributed by atoms with Crippen LogP contribution >= 0.6 is 24.0 Å². The number of aryl methyl sites for hydroxylation is 1. The average molecular weight is 485 g/mol. The van der Waals surface area contributed by atoms with E-state index in [-0.39, 0.29) is 35.7 Å². The second kappa shape index (κ2) is 12.2. The second-order valence-electron chi connectivity index (χ2n) is 5.82. The van der Waals surface area contributed by atoms with Gasteiger partial charge in [-0.05, 0) is 42.7 Å². The molecule has 0 unspecified atom stereocenters. The zero-order valence-corrected chi connectivity index (χ0v) is 17.8. The average Bonchev–Trinajstić information content (AvgIpc) is 2.64. The maximum absolute atomic E-state index is 12.9. The largest absolute Gasteiger partial charge is 0.356 e. The van der Waals surface area contributed by atoms with Crippen molar-refractivity contribution in [3.05, 3.63) is 59.5 Å². The normalized spacial score (nSPS) is 10.7. The lowest BCUT2D eigenvalue weighted by Crippen LogP contribution is -2.39. The standard InChI is InChI=1S/C19H24FN5O.HI/c1-14-3-8-17(24-13-14)25-18(26)10-12-23-19(21-2)22-11-9-15-4-6-16(20)7-5-15;/h3-8,13H,9-12H2,1-2H3,(H2,21,22,23)(H,24,25,26);1H. The van der Waals surface area contributed by atoms with Crippen molar-refractivity contribution in [2.24, 2.45) is 4.99 Å². The molecule has 0 saturated carbocycles. The van der Waals surface area contributed by atoms with Gasteiger partial charge in [-0.25, -0.2) is 9.37 Å². The maximum Gasteiger partial charge on any atom is 0.227 e. The van der Waals surface area contributed by atoms with Crippen molar-refractivity contribution in [2.45, 2.75) is 19.8 Å². The van der Waals surface area contributed by atoms with Gasteiger partial charge >= 0.3 is 0 Å². The first-order valence-electron chi connectivity index (χ1n) is 8.48. The summed E-state index contributed by atoms with van der Waals surface area (Å²) in [6.07, 6.45) is 2.76. The summed E-state index contributed by atoms with van der Waals surface area (Å²) in [5.74, 6) is 0.810. The molecule has 0 atom stereocenters. The van der Waals surface area contributed by atoms with E-state index in [1.807, 2.05) is 13.0 Å². The third-order valence-electron chi connectivity index (χ3n) is 3.67. The Morgan fingerprint density at radius 2 is 1.81 bits per heavy atom. The number of amides is 1. The number of nitrogens with zero attached hydrogens (tertiary/aromatic N) is 2. The number of hydrogen-bond acceptors (Lipinski definition) is 3. The van der Waals surface area contributed by atoms with Gasteiger partial charge in [0.1, 0.15) is 11.6 Å². The molecule has 3 N–H and O–H groups in total. The Morgan fingerprint density at radius 1 is 1.11 bits per heavy atom. The minimum absolute atomic E-state index is 0. The lowest BCUT2D eigenvalue weighted by molar-refractivity contribution is -0.116. The molecule has 2 aromatic rings. The van der Waals surface area contributed by atoms with E-state index in [1.165, 1.54) is 12.1 Å². The molecular weight excluding hydrogens is 460 g/mol. The molecule has 2 rings (SSSR count). The molecular formula is C19H25FIN5O. The third-order valence-corrected chi connectivity index (χ3v) is 3.67. The summed E-state index contributed by atoms with van der Waals surface area (Å²) in [5.41, 5.74) is 2.08. The lowest BCUT2D eigenvalue weighted by atomic mass is 10.1. The minimum Gasteiger partial charge on any atom is -0.356 e. The van der Waals surface area contributed by atoms with Gasteiger partial charge in [0, 0.05) is 32.8 Å². The van der Waals surface area contributed by atoms with Crippen molar-refractivity contribution < 1.29 is 9.18 Å². The van der Waals surface area contributed by atoms with E-state index in [0.717, 1.165) is 17.5 Å². The van der Waals surface area contributed by atoms with E-state index >= 15 is 0 Å². The number of halogens is 2.